The fourth-order valence-electron chi connectivity index (χ4n) is 2.52. The summed E-state index contributed by atoms with van der Waals surface area (Å²) in [6, 6.07) is 7.75. The van der Waals surface area contributed by atoms with Gasteiger partial charge in [0.25, 0.3) is 0 Å². The Bertz CT molecular complexity index is 302. The summed E-state index contributed by atoms with van der Waals surface area (Å²) in [4.78, 5) is 0. The summed E-state index contributed by atoms with van der Waals surface area (Å²) in [5.41, 5.74) is 1.38. The van der Waals surface area contributed by atoms with E-state index in [1.165, 1.54) is 56.9 Å². The Kier molecular flexibility index (Phi) is 7.55. The Balaban J connectivity index is 2.27. The number of phenolic OH excluding ortho intramolecular Hbond substituents is 1. The molecule has 0 bridgehead atoms. The van der Waals surface area contributed by atoms with Gasteiger partial charge in [0.15, 0.2) is 0 Å². The van der Waals surface area contributed by atoms with Crippen molar-refractivity contribution < 1.29 is 5.11 Å². The van der Waals surface area contributed by atoms with E-state index in [1.807, 2.05) is 0 Å². The molecule has 0 heterocycles. The normalized spacial score (nSPS) is 12.6. The number of unbranched alkanes of at least 4 members (excludes halogenated alkanes) is 5. The molecule has 1 rings (SSSR count). The molecule has 0 aromatic heterocycles. The molecule has 102 valence electrons. The van der Waals surface area contributed by atoms with Gasteiger partial charge in [0.2, 0.25) is 0 Å². The van der Waals surface area contributed by atoms with Gasteiger partial charge in [0.05, 0.1) is 0 Å². The van der Waals surface area contributed by atoms with Crippen molar-refractivity contribution in [2.24, 2.45) is 0 Å². The Morgan fingerprint density at radius 2 is 1.50 bits per heavy atom. The maximum atomic E-state index is 9.31. The van der Waals surface area contributed by atoms with Crippen LogP contribution in [0.1, 0.15) is 76.7 Å². The fraction of sp³-hybridized carbons (Fsp3) is 0.647. The third kappa shape index (κ3) is 5.57. The van der Waals surface area contributed by atoms with E-state index in [0.717, 1.165) is 0 Å². The van der Waals surface area contributed by atoms with Gasteiger partial charge in [-0.3, -0.25) is 0 Å². The summed E-state index contributed by atoms with van der Waals surface area (Å²) in [7, 11) is 0. The molecule has 1 aromatic carbocycles. The molecule has 0 fully saturated rings. The van der Waals surface area contributed by atoms with Crippen LogP contribution in [0.25, 0.3) is 0 Å². The minimum Gasteiger partial charge on any atom is -0.508 e. The van der Waals surface area contributed by atoms with E-state index in [0.29, 0.717) is 11.7 Å². The quantitative estimate of drug-likeness (QED) is 0.561. The van der Waals surface area contributed by atoms with E-state index in [9.17, 15) is 5.11 Å². The SMILES string of the molecule is CCCCCCCCC(CC)c1ccc(O)cc1. The molecule has 1 atom stereocenters. The minimum absolute atomic E-state index is 0.369. The van der Waals surface area contributed by atoms with Crippen LogP contribution in [0.4, 0.5) is 0 Å². The number of phenols is 1. The molecule has 0 saturated carbocycles. The van der Waals surface area contributed by atoms with Gasteiger partial charge in [0, 0.05) is 0 Å². The fourth-order valence-corrected chi connectivity index (χ4v) is 2.52. The molecule has 1 aromatic rings. The van der Waals surface area contributed by atoms with Crippen LogP contribution < -0.4 is 0 Å². The van der Waals surface area contributed by atoms with Crippen LogP contribution in [-0.2, 0) is 0 Å². The molecule has 1 unspecified atom stereocenters. The van der Waals surface area contributed by atoms with Crippen LogP contribution in [-0.4, -0.2) is 5.11 Å². The van der Waals surface area contributed by atoms with Crippen molar-refractivity contribution in [3.63, 3.8) is 0 Å². The lowest BCUT2D eigenvalue weighted by atomic mass is 9.91. The molecule has 0 aliphatic rings. The first-order valence-corrected chi connectivity index (χ1v) is 7.56. The molecule has 1 N–H and O–H groups in total. The van der Waals surface area contributed by atoms with Crippen LogP contribution in [0.3, 0.4) is 0 Å². The van der Waals surface area contributed by atoms with Gasteiger partial charge in [-0.25, -0.2) is 0 Å². The summed E-state index contributed by atoms with van der Waals surface area (Å²) in [6.45, 7) is 4.52. The molecule has 0 radical (unpaired) electrons. The van der Waals surface area contributed by atoms with E-state index in [1.54, 1.807) is 12.1 Å². The van der Waals surface area contributed by atoms with Crippen molar-refractivity contribution in [1.29, 1.82) is 0 Å². The van der Waals surface area contributed by atoms with E-state index in [-0.39, 0.29) is 0 Å². The van der Waals surface area contributed by atoms with Crippen LogP contribution in [0.2, 0.25) is 0 Å². The number of hydrogen-bond acceptors (Lipinski definition) is 1. The van der Waals surface area contributed by atoms with Gasteiger partial charge >= 0.3 is 0 Å². The highest BCUT2D eigenvalue weighted by Gasteiger charge is 2.08. The van der Waals surface area contributed by atoms with Crippen LogP contribution >= 0.6 is 0 Å². The van der Waals surface area contributed by atoms with Crippen LogP contribution in [0, 0.1) is 0 Å². The largest absolute Gasteiger partial charge is 0.508 e. The maximum absolute atomic E-state index is 9.31. The second-order valence-corrected chi connectivity index (χ2v) is 5.25. The summed E-state index contributed by atoms with van der Waals surface area (Å²) in [5.74, 6) is 1.03. The number of rotatable bonds is 9. The van der Waals surface area contributed by atoms with Gasteiger partial charge in [0.1, 0.15) is 5.75 Å². The molecule has 1 nitrogen and oxygen atoms in total. The van der Waals surface area contributed by atoms with Crippen molar-refractivity contribution in [2.75, 3.05) is 0 Å². The van der Waals surface area contributed by atoms with Gasteiger partial charge in [-0.15, -0.1) is 0 Å². The average molecular weight is 248 g/mol. The summed E-state index contributed by atoms with van der Waals surface area (Å²) < 4.78 is 0. The highest BCUT2D eigenvalue weighted by atomic mass is 16.3. The zero-order chi connectivity index (χ0) is 13.2. The van der Waals surface area contributed by atoms with Crippen LogP contribution in [0.5, 0.6) is 5.75 Å². The van der Waals surface area contributed by atoms with Gasteiger partial charge < -0.3 is 5.11 Å². The standard InChI is InChI=1S/C17H28O/c1-3-5-6-7-8-9-10-15(4-2)16-11-13-17(18)14-12-16/h11-15,18H,3-10H2,1-2H3. The van der Waals surface area contributed by atoms with E-state index < -0.39 is 0 Å². The molecule has 0 amide bonds. The maximum Gasteiger partial charge on any atom is 0.115 e. The first kappa shape index (κ1) is 15.1. The predicted octanol–water partition coefficient (Wildman–Crippen LogP) is 5.64. The minimum atomic E-state index is 0.369. The lowest BCUT2D eigenvalue weighted by Gasteiger charge is -2.15. The van der Waals surface area contributed by atoms with E-state index >= 15 is 0 Å². The molecule has 18 heavy (non-hydrogen) atoms. The highest BCUT2D eigenvalue weighted by Crippen LogP contribution is 2.27. The first-order valence-electron chi connectivity index (χ1n) is 7.56. The number of hydrogen-bond donors (Lipinski definition) is 1. The number of benzene rings is 1. The molecule has 0 aliphatic carbocycles. The molecule has 0 saturated heterocycles. The molecule has 0 aliphatic heterocycles. The molecular formula is C17H28O. The lowest BCUT2D eigenvalue weighted by molar-refractivity contribution is 0.474. The molecule has 1 heteroatoms. The van der Waals surface area contributed by atoms with E-state index in [2.05, 4.69) is 26.0 Å². The van der Waals surface area contributed by atoms with Crippen molar-refractivity contribution in [1.82, 2.24) is 0 Å². The lowest BCUT2D eigenvalue weighted by Crippen LogP contribution is -1.97. The second kappa shape index (κ2) is 9.02. The molecule has 0 spiro atoms. The summed E-state index contributed by atoms with van der Waals surface area (Å²) in [6.07, 6.45) is 10.7. The van der Waals surface area contributed by atoms with E-state index in [4.69, 9.17) is 0 Å². The monoisotopic (exact) mass is 248 g/mol. The van der Waals surface area contributed by atoms with Crippen LogP contribution in [0.15, 0.2) is 24.3 Å². The Morgan fingerprint density at radius 1 is 0.889 bits per heavy atom. The topological polar surface area (TPSA) is 20.2 Å². The third-order valence-corrected chi connectivity index (χ3v) is 3.76. The zero-order valence-corrected chi connectivity index (χ0v) is 12.0. The third-order valence-electron chi connectivity index (χ3n) is 3.76. The zero-order valence-electron chi connectivity index (χ0n) is 12.0. The van der Waals surface area contributed by atoms with Gasteiger partial charge in [-0.05, 0) is 36.5 Å². The average Bonchev–Trinajstić information content (AvgIpc) is 2.39. The van der Waals surface area contributed by atoms with Crippen molar-refractivity contribution >= 4 is 0 Å². The first-order chi connectivity index (χ1) is 8.77. The Morgan fingerprint density at radius 3 is 2.11 bits per heavy atom. The Labute approximate surface area is 112 Å². The number of aromatic hydroxyl groups is 1. The van der Waals surface area contributed by atoms with Crippen molar-refractivity contribution in [3.8, 4) is 5.75 Å². The van der Waals surface area contributed by atoms with Crippen molar-refractivity contribution in [2.45, 2.75) is 71.1 Å². The van der Waals surface area contributed by atoms with Gasteiger partial charge in [-0.2, -0.15) is 0 Å². The second-order valence-electron chi connectivity index (χ2n) is 5.25. The Hall–Kier alpha value is -0.980. The highest BCUT2D eigenvalue weighted by molar-refractivity contribution is 5.28. The van der Waals surface area contributed by atoms with Crippen molar-refractivity contribution in [3.05, 3.63) is 29.8 Å². The summed E-state index contributed by atoms with van der Waals surface area (Å²) >= 11 is 0. The smallest absolute Gasteiger partial charge is 0.115 e. The van der Waals surface area contributed by atoms with Gasteiger partial charge in [-0.1, -0.05) is 64.5 Å². The predicted molar refractivity (Wildman–Crippen MR) is 79.1 cm³/mol. The molecular weight excluding hydrogens is 220 g/mol. The summed E-state index contributed by atoms with van der Waals surface area (Å²) in [5, 5.41) is 9.31.